The van der Waals surface area contributed by atoms with Crippen LogP contribution in [0.25, 0.3) is 11.3 Å². The van der Waals surface area contributed by atoms with Gasteiger partial charge in [0.05, 0.1) is 11.4 Å². The van der Waals surface area contributed by atoms with E-state index >= 15 is 0 Å². The van der Waals surface area contributed by atoms with Crippen LogP contribution in [0.5, 0.6) is 0 Å². The molecule has 0 spiro atoms. The summed E-state index contributed by atoms with van der Waals surface area (Å²) in [6, 6.07) is 121. The van der Waals surface area contributed by atoms with E-state index in [2.05, 4.69) is 399 Å². The lowest BCUT2D eigenvalue weighted by Crippen LogP contribution is -2.65. The van der Waals surface area contributed by atoms with Crippen molar-refractivity contribution in [2.75, 3.05) is 29.4 Å². The second-order valence-electron chi connectivity index (χ2n) is 28.6. The molecule has 0 aliphatic carbocycles. The third-order valence-corrected chi connectivity index (χ3v) is 20.4. The number of rotatable bonds is 11. The first-order valence-electron chi connectivity index (χ1n) is 34.6. The highest BCUT2D eigenvalue weighted by atomic mass is 16.4. The number of benzene rings is 13. The molecular formula is C90H72B2N6O. The summed E-state index contributed by atoms with van der Waals surface area (Å²) in [7, 11) is 0. The lowest BCUT2D eigenvalue weighted by molar-refractivity contribution is 0.589. The van der Waals surface area contributed by atoms with Crippen LogP contribution in [0, 0.1) is 0 Å². The van der Waals surface area contributed by atoms with Gasteiger partial charge in [0.2, 0.25) is 0 Å². The topological polar surface area (TPSA) is 32.6 Å². The maximum Gasteiger partial charge on any atom is 0.256 e. The van der Waals surface area contributed by atoms with Crippen LogP contribution in [0.3, 0.4) is 0 Å². The average molecular weight is 1280 g/mol. The molecule has 13 aromatic carbocycles. The third-order valence-electron chi connectivity index (χ3n) is 20.4. The highest BCUT2D eigenvalue weighted by molar-refractivity contribution is 7.03. The Labute approximate surface area is 581 Å². The summed E-state index contributed by atoms with van der Waals surface area (Å²) in [5, 5.41) is 0. The number of nitrogens with zero attached hydrogens (tertiary/aromatic N) is 6. The first-order chi connectivity index (χ1) is 48.4. The highest BCUT2D eigenvalue weighted by Gasteiger charge is 2.50. The van der Waals surface area contributed by atoms with Crippen molar-refractivity contribution in [1.82, 2.24) is 0 Å². The molecule has 474 valence electrons. The van der Waals surface area contributed by atoms with Gasteiger partial charge in [0.15, 0.2) is 5.88 Å². The fourth-order valence-corrected chi connectivity index (χ4v) is 15.9. The summed E-state index contributed by atoms with van der Waals surface area (Å²) in [6.07, 6.45) is 0. The van der Waals surface area contributed by atoms with Crippen molar-refractivity contribution in [2.24, 2.45) is 0 Å². The first-order valence-corrected chi connectivity index (χ1v) is 34.6. The highest BCUT2D eigenvalue weighted by Crippen LogP contribution is 2.53. The number of fused-ring (bicyclic) bond motifs is 8. The molecule has 1 aromatic heterocycles. The Balaban J connectivity index is 0.967. The molecule has 4 aliphatic rings. The standard InChI is InChI=1S/C90H72B2N6O/c1-89(2,3)62-34-30-48-70(52-62)93(64-36-16-8-17-37-64)72-54-81-86-82(55-72)96(67-42-22-11-23-43-67)79-60-80-76(58-75(79)91(86)74-50-28-29-51-78(74)95(81)66-40-20-10-21-41-66)92-77-59-85(61-32-14-7-15-33-61)99-88(77)98(69-46-26-13-27-47-69)84-57-73(56-83(87(84)92)97(80)68-44-24-12-25-45-68)94(65-38-18-9-19-39-65)71-49-31-35-63(53-71)90(4,5)6/h7-60H,1-6H3. The second kappa shape index (κ2) is 23.4. The van der Waals surface area contributed by atoms with Crippen molar-refractivity contribution in [3.8, 4) is 11.3 Å². The SMILES string of the molecule is CC(C)(C)c1cccc(N(c2ccccc2)c2cc3c4c(c2)N(c2ccccc2)c2cc5c(cc2B4c2ccccc2N3c2ccccc2)B2c3cc(-c4ccccc4)oc3N(c3ccccc3)c3cc(N(c4ccccc4)c4cccc(C(C)(C)C)c4)cc(c32)N5c2ccccc2)c1. The van der Waals surface area contributed by atoms with E-state index in [-0.39, 0.29) is 24.3 Å². The molecule has 14 aromatic rings. The zero-order valence-corrected chi connectivity index (χ0v) is 56.4. The molecule has 0 atom stereocenters. The van der Waals surface area contributed by atoms with E-state index < -0.39 is 0 Å². The zero-order chi connectivity index (χ0) is 66.7. The minimum Gasteiger partial charge on any atom is -0.440 e. The van der Waals surface area contributed by atoms with Crippen molar-refractivity contribution in [3.63, 3.8) is 0 Å². The van der Waals surface area contributed by atoms with Crippen LogP contribution in [0.2, 0.25) is 0 Å². The molecule has 0 saturated carbocycles. The van der Waals surface area contributed by atoms with Gasteiger partial charge in [-0.1, -0.05) is 230 Å². The third kappa shape index (κ3) is 9.97. The minimum absolute atomic E-state index is 0.0902. The fourth-order valence-electron chi connectivity index (χ4n) is 15.9. The zero-order valence-electron chi connectivity index (χ0n) is 56.4. The van der Waals surface area contributed by atoms with E-state index in [4.69, 9.17) is 4.42 Å². The van der Waals surface area contributed by atoms with Gasteiger partial charge in [-0.15, -0.1) is 0 Å². The van der Waals surface area contributed by atoms with Crippen LogP contribution in [-0.2, 0) is 10.8 Å². The van der Waals surface area contributed by atoms with Crippen LogP contribution in [-0.4, -0.2) is 13.4 Å². The van der Waals surface area contributed by atoms with Gasteiger partial charge >= 0.3 is 0 Å². The van der Waals surface area contributed by atoms with Crippen LogP contribution in [0.1, 0.15) is 52.7 Å². The predicted octanol–water partition coefficient (Wildman–Crippen LogP) is 20.6. The van der Waals surface area contributed by atoms with Crippen molar-refractivity contribution in [2.45, 2.75) is 52.4 Å². The Hall–Kier alpha value is -11.9. The predicted molar refractivity (Wildman–Crippen MR) is 419 cm³/mol. The van der Waals surface area contributed by atoms with Gasteiger partial charge in [0.25, 0.3) is 13.4 Å². The summed E-state index contributed by atoms with van der Waals surface area (Å²) >= 11 is 0. The maximum atomic E-state index is 7.56. The maximum absolute atomic E-state index is 7.56. The normalized spacial score (nSPS) is 13.2. The van der Waals surface area contributed by atoms with Gasteiger partial charge < -0.3 is 28.9 Å². The summed E-state index contributed by atoms with van der Waals surface area (Å²) < 4.78 is 7.56. The summed E-state index contributed by atoms with van der Waals surface area (Å²) in [6.45, 7) is 13.3. The molecule has 7 nitrogen and oxygen atoms in total. The molecule has 0 amide bonds. The molecule has 0 fully saturated rings. The Morgan fingerprint density at radius 2 is 0.616 bits per heavy atom. The number of hydrogen-bond donors (Lipinski definition) is 0. The number of furan rings is 1. The Morgan fingerprint density at radius 1 is 0.263 bits per heavy atom. The van der Waals surface area contributed by atoms with E-state index in [1.54, 1.807) is 0 Å². The Kier molecular flexibility index (Phi) is 14.1. The summed E-state index contributed by atoms with van der Waals surface area (Å²) in [5.41, 5.74) is 28.8. The fraction of sp³-hybridized carbons (Fsp3) is 0.0889. The number of para-hydroxylation sites is 7. The van der Waals surface area contributed by atoms with Gasteiger partial charge in [-0.25, -0.2) is 0 Å². The molecule has 0 bridgehead atoms. The van der Waals surface area contributed by atoms with Crippen molar-refractivity contribution < 1.29 is 4.42 Å². The molecule has 9 heteroatoms. The number of anilines is 18. The van der Waals surface area contributed by atoms with Gasteiger partial charge in [0.1, 0.15) is 5.76 Å². The van der Waals surface area contributed by atoms with Gasteiger partial charge in [0, 0.05) is 90.9 Å². The van der Waals surface area contributed by atoms with E-state index in [0.29, 0.717) is 0 Å². The minimum atomic E-state index is -0.300. The van der Waals surface area contributed by atoms with E-state index in [9.17, 15) is 0 Å². The molecule has 0 N–H and O–H groups in total. The lowest BCUT2D eigenvalue weighted by Gasteiger charge is -2.47. The molecule has 99 heavy (non-hydrogen) atoms. The van der Waals surface area contributed by atoms with Crippen molar-refractivity contribution in [1.29, 1.82) is 0 Å². The van der Waals surface area contributed by atoms with Crippen LogP contribution in [0.15, 0.2) is 332 Å². The molecule has 4 aliphatic heterocycles. The van der Waals surface area contributed by atoms with Crippen LogP contribution in [0.4, 0.5) is 103 Å². The lowest BCUT2D eigenvalue weighted by atomic mass is 9.30. The van der Waals surface area contributed by atoms with Gasteiger partial charge in [-0.05, 0) is 194 Å². The average Bonchev–Trinajstić information content (AvgIpc) is 1.32. The summed E-state index contributed by atoms with van der Waals surface area (Å²) in [5.74, 6) is 1.61. The van der Waals surface area contributed by atoms with E-state index in [1.807, 2.05) is 0 Å². The Bertz CT molecular complexity index is 5390. The second-order valence-corrected chi connectivity index (χ2v) is 28.6. The first kappa shape index (κ1) is 59.6. The van der Waals surface area contributed by atoms with Gasteiger partial charge in [-0.3, -0.25) is 4.90 Å². The largest absolute Gasteiger partial charge is 0.440 e. The van der Waals surface area contributed by atoms with Crippen LogP contribution >= 0.6 is 0 Å². The summed E-state index contributed by atoms with van der Waals surface area (Å²) in [4.78, 5) is 15.0. The van der Waals surface area contributed by atoms with Crippen molar-refractivity contribution in [3.05, 3.63) is 339 Å². The molecule has 0 radical (unpaired) electrons. The smallest absolute Gasteiger partial charge is 0.256 e. The van der Waals surface area contributed by atoms with E-state index in [1.165, 1.54) is 38.4 Å². The molecular weight excluding hydrogens is 1200 g/mol. The van der Waals surface area contributed by atoms with Crippen LogP contribution < -0.4 is 62.2 Å². The Morgan fingerprint density at radius 3 is 1.05 bits per heavy atom. The van der Waals surface area contributed by atoms with Gasteiger partial charge in [-0.2, -0.15) is 0 Å². The van der Waals surface area contributed by atoms with Crippen molar-refractivity contribution >= 4 is 149 Å². The quantitative estimate of drug-likeness (QED) is 0.119. The molecule has 5 heterocycles. The molecule has 18 rings (SSSR count). The number of hydrogen-bond acceptors (Lipinski definition) is 7. The monoisotopic (exact) mass is 1270 g/mol. The molecule has 0 saturated heterocycles. The van der Waals surface area contributed by atoms with E-state index in [0.717, 1.165) is 119 Å². The molecule has 0 unspecified atom stereocenters.